The summed E-state index contributed by atoms with van der Waals surface area (Å²) in [5.74, 6) is 1.08. The van der Waals surface area contributed by atoms with E-state index in [1.807, 2.05) is 18.7 Å². The summed E-state index contributed by atoms with van der Waals surface area (Å²) >= 11 is 0. The summed E-state index contributed by atoms with van der Waals surface area (Å²) in [6.45, 7) is 17.5. The van der Waals surface area contributed by atoms with E-state index in [-0.39, 0.29) is 11.4 Å². The highest BCUT2D eigenvalue weighted by Gasteiger charge is 2.28. The van der Waals surface area contributed by atoms with Crippen LogP contribution < -0.4 is 5.32 Å². The standard InChI is InChI=1S/C14H30N2O/c1-8-16(9-2)13(17)15-10-12(11(3)4)14(5,6)7/h11-12H,8-10H2,1-7H3,(H,15,17). The summed E-state index contributed by atoms with van der Waals surface area (Å²) in [6, 6.07) is 0.0601. The second-order valence-corrected chi connectivity index (χ2v) is 6.07. The van der Waals surface area contributed by atoms with Crippen molar-refractivity contribution in [2.24, 2.45) is 17.3 Å². The van der Waals surface area contributed by atoms with Gasteiger partial charge in [0, 0.05) is 19.6 Å². The van der Waals surface area contributed by atoms with Crippen molar-refractivity contribution in [1.82, 2.24) is 10.2 Å². The highest BCUT2D eigenvalue weighted by atomic mass is 16.2. The van der Waals surface area contributed by atoms with Crippen LogP contribution in [0.5, 0.6) is 0 Å². The first kappa shape index (κ1) is 16.3. The number of carbonyl (C=O) groups is 1. The van der Waals surface area contributed by atoms with Gasteiger partial charge in [-0.15, -0.1) is 0 Å². The number of amides is 2. The zero-order chi connectivity index (χ0) is 13.6. The van der Waals surface area contributed by atoms with Crippen LogP contribution in [0, 0.1) is 17.3 Å². The summed E-state index contributed by atoms with van der Waals surface area (Å²) in [5.41, 5.74) is 0.227. The van der Waals surface area contributed by atoms with Crippen LogP contribution in [0.3, 0.4) is 0 Å². The van der Waals surface area contributed by atoms with Crippen LogP contribution in [-0.4, -0.2) is 30.6 Å². The fraction of sp³-hybridized carbons (Fsp3) is 0.929. The minimum absolute atomic E-state index is 0.0601. The predicted octanol–water partition coefficient (Wildman–Crippen LogP) is 3.36. The third-order valence-electron chi connectivity index (χ3n) is 3.44. The molecule has 1 N–H and O–H groups in total. The predicted molar refractivity (Wildman–Crippen MR) is 74.1 cm³/mol. The van der Waals surface area contributed by atoms with Crippen LogP contribution in [0.15, 0.2) is 0 Å². The van der Waals surface area contributed by atoms with Gasteiger partial charge in [-0.3, -0.25) is 0 Å². The molecule has 1 unspecified atom stereocenters. The summed E-state index contributed by atoms with van der Waals surface area (Å²) in [7, 11) is 0. The lowest BCUT2D eigenvalue weighted by molar-refractivity contribution is 0.163. The van der Waals surface area contributed by atoms with Crippen molar-refractivity contribution < 1.29 is 4.79 Å². The Balaban J connectivity index is 4.37. The van der Waals surface area contributed by atoms with Gasteiger partial charge in [-0.25, -0.2) is 4.79 Å². The normalized spacial score (nSPS) is 13.6. The third-order valence-corrected chi connectivity index (χ3v) is 3.44. The first-order chi connectivity index (χ1) is 7.73. The molecule has 0 aliphatic carbocycles. The van der Waals surface area contributed by atoms with Crippen molar-refractivity contribution in [3.8, 4) is 0 Å². The molecular formula is C14H30N2O. The van der Waals surface area contributed by atoms with E-state index in [9.17, 15) is 4.79 Å². The number of carbonyl (C=O) groups excluding carboxylic acids is 1. The van der Waals surface area contributed by atoms with Crippen molar-refractivity contribution in [3.05, 3.63) is 0 Å². The zero-order valence-electron chi connectivity index (χ0n) is 12.6. The van der Waals surface area contributed by atoms with E-state index in [1.165, 1.54) is 0 Å². The number of rotatable bonds is 5. The van der Waals surface area contributed by atoms with E-state index in [0.29, 0.717) is 11.8 Å². The summed E-state index contributed by atoms with van der Waals surface area (Å²) in [4.78, 5) is 13.7. The van der Waals surface area contributed by atoms with Crippen molar-refractivity contribution >= 4 is 6.03 Å². The highest BCUT2D eigenvalue weighted by molar-refractivity contribution is 5.74. The van der Waals surface area contributed by atoms with Gasteiger partial charge >= 0.3 is 6.03 Å². The number of urea groups is 1. The third kappa shape index (κ3) is 5.42. The van der Waals surface area contributed by atoms with Gasteiger partial charge < -0.3 is 10.2 Å². The zero-order valence-corrected chi connectivity index (χ0v) is 12.6. The number of hydrogen-bond donors (Lipinski definition) is 1. The van der Waals surface area contributed by atoms with Crippen LogP contribution in [0.4, 0.5) is 4.79 Å². The Morgan fingerprint density at radius 3 is 1.94 bits per heavy atom. The molecule has 0 heterocycles. The van der Waals surface area contributed by atoms with E-state index in [0.717, 1.165) is 19.6 Å². The number of nitrogens with zero attached hydrogens (tertiary/aromatic N) is 1. The second-order valence-electron chi connectivity index (χ2n) is 6.07. The Morgan fingerprint density at radius 2 is 1.65 bits per heavy atom. The minimum atomic E-state index is 0.0601. The van der Waals surface area contributed by atoms with Gasteiger partial charge in [-0.1, -0.05) is 34.6 Å². The van der Waals surface area contributed by atoms with E-state index in [4.69, 9.17) is 0 Å². The lowest BCUT2D eigenvalue weighted by atomic mass is 9.74. The molecule has 2 amide bonds. The minimum Gasteiger partial charge on any atom is -0.338 e. The van der Waals surface area contributed by atoms with E-state index in [1.54, 1.807) is 0 Å². The topological polar surface area (TPSA) is 32.3 Å². The second kappa shape index (κ2) is 6.87. The Hall–Kier alpha value is -0.730. The first-order valence-corrected chi connectivity index (χ1v) is 6.76. The molecule has 0 saturated heterocycles. The Bertz CT molecular complexity index is 227. The SMILES string of the molecule is CCN(CC)C(=O)NCC(C(C)C)C(C)(C)C. The Kier molecular flexibility index (Phi) is 6.58. The molecule has 0 fully saturated rings. The molecular weight excluding hydrogens is 212 g/mol. The largest absolute Gasteiger partial charge is 0.338 e. The molecule has 0 radical (unpaired) electrons. The Morgan fingerprint density at radius 1 is 1.18 bits per heavy atom. The fourth-order valence-corrected chi connectivity index (χ4v) is 2.36. The lowest BCUT2D eigenvalue weighted by Crippen LogP contribution is -2.44. The summed E-state index contributed by atoms with van der Waals surface area (Å²) < 4.78 is 0. The molecule has 0 aromatic heterocycles. The van der Waals surface area contributed by atoms with Crippen LogP contribution in [0.25, 0.3) is 0 Å². The van der Waals surface area contributed by atoms with Crippen molar-refractivity contribution in [1.29, 1.82) is 0 Å². The van der Waals surface area contributed by atoms with Crippen molar-refractivity contribution in [3.63, 3.8) is 0 Å². The fourth-order valence-electron chi connectivity index (χ4n) is 2.36. The molecule has 0 saturated carbocycles. The summed E-state index contributed by atoms with van der Waals surface area (Å²) in [5, 5.41) is 3.06. The Labute approximate surface area is 107 Å². The van der Waals surface area contributed by atoms with Crippen LogP contribution in [-0.2, 0) is 0 Å². The van der Waals surface area contributed by atoms with Gasteiger partial charge in [0.2, 0.25) is 0 Å². The van der Waals surface area contributed by atoms with E-state index >= 15 is 0 Å². The molecule has 0 rings (SSSR count). The van der Waals surface area contributed by atoms with Gasteiger partial charge in [0.15, 0.2) is 0 Å². The average molecular weight is 242 g/mol. The molecule has 0 aromatic rings. The van der Waals surface area contributed by atoms with Crippen molar-refractivity contribution in [2.75, 3.05) is 19.6 Å². The van der Waals surface area contributed by atoms with Gasteiger partial charge in [0.05, 0.1) is 0 Å². The quantitative estimate of drug-likeness (QED) is 0.788. The maximum Gasteiger partial charge on any atom is 0.317 e. The lowest BCUT2D eigenvalue weighted by Gasteiger charge is -2.34. The maximum atomic E-state index is 11.9. The molecule has 1 atom stereocenters. The first-order valence-electron chi connectivity index (χ1n) is 6.76. The van der Waals surface area contributed by atoms with Crippen LogP contribution in [0.1, 0.15) is 48.5 Å². The molecule has 17 heavy (non-hydrogen) atoms. The molecule has 0 spiro atoms. The summed E-state index contributed by atoms with van der Waals surface area (Å²) in [6.07, 6.45) is 0. The molecule has 0 aromatic carbocycles. The molecule has 3 nitrogen and oxygen atoms in total. The number of nitrogens with one attached hydrogen (secondary N) is 1. The van der Waals surface area contributed by atoms with E-state index < -0.39 is 0 Å². The van der Waals surface area contributed by atoms with Gasteiger partial charge in [-0.2, -0.15) is 0 Å². The molecule has 3 heteroatoms. The van der Waals surface area contributed by atoms with Gasteiger partial charge in [0.1, 0.15) is 0 Å². The van der Waals surface area contributed by atoms with Gasteiger partial charge in [0.25, 0.3) is 0 Å². The van der Waals surface area contributed by atoms with Gasteiger partial charge in [-0.05, 0) is 31.1 Å². The molecule has 0 aliphatic heterocycles. The van der Waals surface area contributed by atoms with E-state index in [2.05, 4.69) is 39.9 Å². The molecule has 102 valence electrons. The van der Waals surface area contributed by atoms with Crippen molar-refractivity contribution in [2.45, 2.75) is 48.5 Å². The average Bonchev–Trinajstić information content (AvgIpc) is 2.17. The number of hydrogen-bond acceptors (Lipinski definition) is 1. The molecule has 0 aliphatic rings. The molecule has 0 bridgehead atoms. The monoisotopic (exact) mass is 242 g/mol. The maximum absolute atomic E-state index is 11.9. The smallest absolute Gasteiger partial charge is 0.317 e. The van der Waals surface area contributed by atoms with Crippen LogP contribution >= 0.6 is 0 Å². The van der Waals surface area contributed by atoms with Crippen LogP contribution in [0.2, 0.25) is 0 Å². The highest BCUT2D eigenvalue weighted by Crippen LogP contribution is 2.31.